The van der Waals surface area contributed by atoms with Crippen LogP contribution in [0.3, 0.4) is 0 Å². The molecule has 0 N–H and O–H groups in total. The molecule has 1 fully saturated rings. The molecule has 0 unspecified atom stereocenters. The normalized spacial score (nSPS) is 29.7. The Morgan fingerprint density at radius 3 is 1.59 bits per heavy atom. The van der Waals surface area contributed by atoms with Crippen LogP contribution in [0, 0.1) is 0 Å². The van der Waals surface area contributed by atoms with Gasteiger partial charge in [0.05, 0.1) is 6.26 Å². The minimum Gasteiger partial charge on any atom is -0.492 e. The highest BCUT2D eigenvalue weighted by molar-refractivity contribution is 5.69. The van der Waals surface area contributed by atoms with Crippen molar-refractivity contribution >= 4 is 35.8 Å². The number of hydrogen-bond donors (Lipinski definition) is 0. The largest absolute Gasteiger partial charge is 0.492 e. The molecule has 0 bridgehead atoms. The minimum absolute atomic E-state index is 0.326. The summed E-state index contributed by atoms with van der Waals surface area (Å²) in [6.07, 6.45) is -7.97. The van der Waals surface area contributed by atoms with E-state index in [4.69, 9.17) is 42.6 Å². The van der Waals surface area contributed by atoms with Gasteiger partial charge in [0.1, 0.15) is 25.4 Å². The molecule has 0 aromatic heterocycles. The summed E-state index contributed by atoms with van der Waals surface area (Å²) in [5.74, 6) is -4.43. The van der Waals surface area contributed by atoms with E-state index in [1.807, 2.05) is 0 Å². The van der Waals surface area contributed by atoms with Crippen LogP contribution in [0.25, 0.3) is 0 Å². The first kappa shape index (κ1) is 31.5. The Morgan fingerprint density at radius 2 is 1.08 bits per heavy atom. The number of hydrogen-bond acceptors (Lipinski definition) is 15. The Labute approximate surface area is 223 Å². The monoisotopic (exact) mass is 560 g/mol. The van der Waals surface area contributed by atoms with Gasteiger partial charge in [0, 0.05) is 41.5 Å². The van der Waals surface area contributed by atoms with Crippen molar-refractivity contribution < 1.29 is 71.4 Å². The Morgan fingerprint density at radius 1 is 0.590 bits per heavy atom. The average molecular weight is 561 g/mol. The van der Waals surface area contributed by atoms with E-state index in [9.17, 15) is 28.8 Å². The number of rotatable bonds is 10. The van der Waals surface area contributed by atoms with Gasteiger partial charge in [-0.2, -0.15) is 0 Å². The second-order valence-corrected chi connectivity index (χ2v) is 8.55. The van der Waals surface area contributed by atoms with Crippen LogP contribution in [0.2, 0.25) is 0 Å². The van der Waals surface area contributed by atoms with Gasteiger partial charge in [-0.1, -0.05) is 0 Å². The highest BCUT2D eigenvalue weighted by Gasteiger charge is 2.54. The zero-order valence-corrected chi connectivity index (χ0v) is 22.3. The third-order valence-corrected chi connectivity index (χ3v) is 5.20. The van der Waals surface area contributed by atoms with Crippen molar-refractivity contribution in [1.29, 1.82) is 0 Å². The molecule has 0 radical (unpaired) electrons. The lowest BCUT2D eigenvalue weighted by Crippen LogP contribution is -2.64. The van der Waals surface area contributed by atoms with E-state index < -0.39 is 91.4 Å². The van der Waals surface area contributed by atoms with Gasteiger partial charge in [-0.25, -0.2) is 0 Å². The topological polar surface area (TPSA) is 185 Å². The number of esters is 6. The molecular weight excluding hydrogens is 528 g/mol. The molecule has 0 aromatic rings. The number of carbonyl (C=O) groups is 6. The summed E-state index contributed by atoms with van der Waals surface area (Å²) in [6, 6.07) is 0. The average Bonchev–Trinajstić information content (AvgIpc) is 2.80. The quantitative estimate of drug-likeness (QED) is 0.254. The molecule has 15 heteroatoms. The zero-order chi connectivity index (χ0) is 29.3. The second-order valence-electron chi connectivity index (χ2n) is 8.55. The molecule has 2 aliphatic heterocycles. The predicted octanol–water partition coefficient (Wildman–Crippen LogP) is -0.138. The van der Waals surface area contributed by atoms with Crippen molar-refractivity contribution in [2.75, 3.05) is 13.2 Å². The van der Waals surface area contributed by atoms with Crippen molar-refractivity contribution in [1.82, 2.24) is 0 Å². The van der Waals surface area contributed by atoms with Gasteiger partial charge >= 0.3 is 35.8 Å². The standard InChI is InChI=1S/C24H32O15/c1-11(25)32-9-18-20(17(7-8-31-18)34-13(3)27)39-24-23(37-16(6)30)22(36-15(5)29)21(35-14(4)28)19(38-24)10-33-12(2)26/h7-8,17-24H,9-10H2,1-6H3/t17-,18-,19-,20+,21+,22+,23-,24-/m1/s1. The van der Waals surface area contributed by atoms with E-state index in [0.717, 1.165) is 34.6 Å². The van der Waals surface area contributed by atoms with Crippen molar-refractivity contribution in [2.45, 2.75) is 90.6 Å². The van der Waals surface area contributed by atoms with Gasteiger partial charge in [-0.3, -0.25) is 28.8 Å². The Kier molecular flexibility index (Phi) is 11.7. The number of ether oxygens (including phenoxy) is 9. The summed E-state index contributed by atoms with van der Waals surface area (Å²) in [5, 5.41) is 0. The summed E-state index contributed by atoms with van der Waals surface area (Å²) < 4.78 is 49.0. The van der Waals surface area contributed by atoms with E-state index in [0.29, 0.717) is 0 Å². The second kappa shape index (κ2) is 14.4. The molecule has 0 saturated carbocycles. The molecule has 2 heterocycles. The van der Waals surface area contributed by atoms with E-state index >= 15 is 0 Å². The molecule has 0 aliphatic carbocycles. The predicted molar refractivity (Wildman–Crippen MR) is 123 cm³/mol. The van der Waals surface area contributed by atoms with E-state index in [2.05, 4.69) is 0 Å². The van der Waals surface area contributed by atoms with Crippen LogP contribution in [0.5, 0.6) is 0 Å². The van der Waals surface area contributed by atoms with Crippen LogP contribution in [0.4, 0.5) is 0 Å². The maximum Gasteiger partial charge on any atom is 0.303 e. The molecule has 2 aliphatic rings. The molecule has 39 heavy (non-hydrogen) atoms. The Balaban J connectivity index is 2.52. The fourth-order valence-electron chi connectivity index (χ4n) is 3.87. The smallest absolute Gasteiger partial charge is 0.303 e. The van der Waals surface area contributed by atoms with Crippen LogP contribution in [0.1, 0.15) is 41.5 Å². The number of carbonyl (C=O) groups excluding carboxylic acids is 6. The third kappa shape index (κ3) is 9.83. The Bertz CT molecular complexity index is 959. The SMILES string of the molecule is CC(=O)OC[C@H]1O[C@H](O[C@H]2[C@H](OC(C)=O)C=CO[C@@H]2COC(C)=O)[C@H](OC(C)=O)[C@@H](OC(C)=O)[C@H]1OC(C)=O. The van der Waals surface area contributed by atoms with E-state index in [1.165, 1.54) is 19.3 Å². The summed E-state index contributed by atoms with van der Waals surface area (Å²) in [6.45, 7) is 5.92. The highest BCUT2D eigenvalue weighted by Crippen LogP contribution is 2.32. The molecule has 0 amide bonds. The van der Waals surface area contributed by atoms with Gasteiger partial charge in [0.2, 0.25) is 0 Å². The first-order valence-electron chi connectivity index (χ1n) is 11.9. The van der Waals surface area contributed by atoms with Crippen LogP contribution >= 0.6 is 0 Å². The van der Waals surface area contributed by atoms with Crippen molar-refractivity contribution in [3.8, 4) is 0 Å². The van der Waals surface area contributed by atoms with Crippen molar-refractivity contribution in [3.63, 3.8) is 0 Å². The van der Waals surface area contributed by atoms with Gasteiger partial charge < -0.3 is 42.6 Å². The Hall–Kier alpha value is -3.72. The molecule has 2 rings (SSSR count). The van der Waals surface area contributed by atoms with Crippen LogP contribution in [-0.2, 0) is 71.4 Å². The summed E-state index contributed by atoms with van der Waals surface area (Å²) in [7, 11) is 0. The van der Waals surface area contributed by atoms with Crippen molar-refractivity contribution in [2.24, 2.45) is 0 Å². The minimum atomic E-state index is -1.58. The van der Waals surface area contributed by atoms with Crippen LogP contribution in [0.15, 0.2) is 12.3 Å². The molecule has 0 aromatic carbocycles. The fraction of sp³-hybridized carbons (Fsp3) is 0.667. The summed E-state index contributed by atoms with van der Waals surface area (Å²) in [4.78, 5) is 70.6. The lowest BCUT2D eigenvalue weighted by molar-refractivity contribution is -0.328. The first-order chi connectivity index (χ1) is 18.3. The molecule has 0 spiro atoms. The van der Waals surface area contributed by atoms with Gasteiger partial charge in [0.25, 0.3) is 0 Å². The third-order valence-electron chi connectivity index (χ3n) is 5.20. The fourth-order valence-corrected chi connectivity index (χ4v) is 3.87. The van der Waals surface area contributed by atoms with E-state index in [-0.39, 0.29) is 6.61 Å². The molecule has 8 atom stereocenters. The van der Waals surface area contributed by atoms with Crippen LogP contribution < -0.4 is 0 Å². The lowest BCUT2D eigenvalue weighted by Gasteiger charge is -2.46. The molecule has 1 saturated heterocycles. The van der Waals surface area contributed by atoms with Crippen molar-refractivity contribution in [3.05, 3.63) is 12.3 Å². The maximum atomic E-state index is 12.0. The molecule has 15 nitrogen and oxygen atoms in total. The van der Waals surface area contributed by atoms with E-state index in [1.54, 1.807) is 0 Å². The highest BCUT2D eigenvalue weighted by atomic mass is 16.7. The summed E-state index contributed by atoms with van der Waals surface area (Å²) >= 11 is 0. The summed E-state index contributed by atoms with van der Waals surface area (Å²) in [5.41, 5.74) is 0. The molecular formula is C24H32O15. The zero-order valence-electron chi connectivity index (χ0n) is 22.3. The van der Waals surface area contributed by atoms with Gasteiger partial charge in [-0.05, 0) is 6.08 Å². The first-order valence-corrected chi connectivity index (χ1v) is 11.9. The van der Waals surface area contributed by atoms with Gasteiger partial charge in [0.15, 0.2) is 36.8 Å². The maximum absolute atomic E-state index is 12.0. The van der Waals surface area contributed by atoms with Gasteiger partial charge in [-0.15, -0.1) is 0 Å². The molecule has 218 valence electrons. The van der Waals surface area contributed by atoms with Crippen LogP contribution in [-0.4, -0.2) is 98.0 Å². The lowest BCUT2D eigenvalue weighted by atomic mass is 9.97.